The lowest BCUT2D eigenvalue weighted by molar-refractivity contribution is 0.641. The van der Waals surface area contributed by atoms with Crippen molar-refractivity contribution in [3.8, 4) is 0 Å². The molecule has 1 aromatic heterocycles. The van der Waals surface area contributed by atoms with Gasteiger partial charge in [0.25, 0.3) is 0 Å². The molecule has 5 aromatic rings. The summed E-state index contributed by atoms with van der Waals surface area (Å²) < 4.78 is 6.61. The largest absolute Gasteiger partial charge is 0.454 e. The van der Waals surface area contributed by atoms with E-state index in [4.69, 9.17) is 11.0 Å². The molecule has 0 unspecified atom stereocenters. The van der Waals surface area contributed by atoms with Crippen molar-refractivity contribution in [1.29, 1.82) is 0 Å². The summed E-state index contributed by atoms with van der Waals surface area (Å²) in [6.45, 7) is 20.0. The summed E-state index contributed by atoms with van der Waals surface area (Å²) >= 11 is 1.84. The average molecular weight is 618 g/mol. The minimum Gasteiger partial charge on any atom is -0.454 e. The quantitative estimate of drug-likeness (QED) is 0.144. The summed E-state index contributed by atoms with van der Waals surface area (Å²) in [6.07, 6.45) is 11.4. The van der Waals surface area contributed by atoms with Crippen LogP contribution in [-0.4, -0.2) is 0 Å². The SMILES string of the molecule is C=C/C=C\C(C)=C(/C)Sc1cc2c(cc1C)C(C)(C)C1=C2/C=C\Cc2ccccc2N(c2cccc3c2oc2ccccc23)C1=C. The number of para-hydroxylation sites is 3. The molecule has 0 bridgehead atoms. The van der Waals surface area contributed by atoms with Gasteiger partial charge in [0.15, 0.2) is 5.58 Å². The number of aryl methyl sites for hydroxylation is 1. The highest BCUT2D eigenvalue weighted by atomic mass is 32.2. The highest BCUT2D eigenvalue weighted by molar-refractivity contribution is 8.03. The molecule has 7 rings (SSSR count). The van der Waals surface area contributed by atoms with E-state index in [1.165, 1.54) is 48.8 Å². The lowest BCUT2D eigenvalue weighted by Crippen LogP contribution is -2.26. The number of anilines is 2. The second-order valence-corrected chi connectivity index (χ2v) is 14.0. The molecule has 0 saturated heterocycles. The summed E-state index contributed by atoms with van der Waals surface area (Å²) in [5.41, 5.74) is 13.5. The highest BCUT2D eigenvalue weighted by Gasteiger charge is 2.41. The molecule has 228 valence electrons. The minimum absolute atomic E-state index is 0.271. The van der Waals surface area contributed by atoms with E-state index in [9.17, 15) is 0 Å². The number of thioether (sulfide) groups is 1. The van der Waals surface area contributed by atoms with Gasteiger partial charge in [0.05, 0.1) is 5.69 Å². The van der Waals surface area contributed by atoms with E-state index in [1.54, 1.807) is 0 Å². The predicted octanol–water partition coefficient (Wildman–Crippen LogP) is 12.5. The Balaban J connectivity index is 1.44. The van der Waals surface area contributed by atoms with Gasteiger partial charge in [0.1, 0.15) is 5.58 Å². The molecule has 0 N–H and O–H groups in total. The van der Waals surface area contributed by atoms with Crippen molar-refractivity contribution in [2.45, 2.75) is 51.3 Å². The Morgan fingerprint density at radius 2 is 1.67 bits per heavy atom. The highest BCUT2D eigenvalue weighted by Crippen LogP contribution is 2.54. The fourth-order valence-electron chi connectivity index (χ4n) is 7.05. The average Bonchev–Trinajstić information content (AvgIpc) is 3.54. The van der Waals surface area contributed by atoms with Gasteiger partial charge < -0.3 is 9.32 Å². The fraction of sp³-hybridized carbons (Fsp3) is 0.163. The molecule has 0 atom stereocenters. The Morgan fingerprint density at radius 3 is 2.50 bits per heavy atom. The predicted molar refractivity (Wildman–Crippen MR) is 199 cm³/mol. The van der Waals surface area contributed by atoms with Crippen LogP contribution in [0.15, 0.2) is 153 Å². The zero-order chi connectivity index (χ0) is 32.2. The zero-order valence-electron chi connectivity index (χ0n) is 27.3. The lowest BCUT2D eigenvalue weighted by atomic mass is 9.79. The Kier molecular flexibility index (Phi) is 7.53. The molecule has 1 aliphatic carbocycles. The van der Waals surface area contributed by atoms with Gasteiger partial charge in [-0.3, -0.25) is 0 Å². The van der Waals surface area contributed by atoms with Crippen LogP contribution in [0.3, 0.4) is 0 Å². The van der Waals surface area contributed by atoms with Gasteiger partial charge in [-0.2, -0.15) is 0 Å². The van der Waals surface area contributed by atoms with Gasteiger partial charge in [-0.25, -0.2) is 0 Å². The molecule has 0 spiro atoms. The first kappa shape index (κ1) is 30.0. The molecular formula is C43H39NOS. The van der Waals surface area contributed by atoms with Crippen LogP contribution in [-0.2, 0) is 11.8 Å². The van der Waals surface area contributed by atoms with Crippen molar-refractivity contribution in [3.63, 3.8) is 0 Å². The van der Waals surface area contributed by atoms with E-state index in [0.717, 1.165) is 45.4 Å². The van der Waals surface area contributed by atoms with Gasteiger partial charge >= 0.3 is 0 Å². The molecule has 2 heterocycles. The van der Waals surface area contributed by atoms with Gasteiger partial charge in [-0.15, -0.1) is 0 Å². The van der Waals surface area contributed by atoms with Crippen LogP contribution in [0, 0.1) is 6.92 Å². The summed E-state index contributed by atoms with van der Waals surface area (Å²) in [5.74, 6) is 0. The maximum atomic E-state index is 6.61. The third-order valence-electron chi connectivity index (χ3n) is 9.51. The molecule has 0 radical (unpaired) electrons. The summed E-state index contributed by atoms with van der Waals surface area (Å²) in [6, 6.07) is 28.3. The molecular weight excluding hydrogens is 579 g/mol. The maximum absolute atomic E-state index is 6.61. The molecule has 1 aliphatic heterocycles. The van der Waals surface area contributed by atoms with Crippen molar-refractivity contribution in [1.82, 2.24) is 0 Å². The molecule has 2 aliphatic rings. The van der Waals surface area contributed by atoms with Gasteiger partial charge in [-0.05, 0) is 95.3 Å². The molecule has 0 fully saturated rings. The number of allylic oxidation sites excluding steroid dienone is 9. The molecule has 0 amide bonds. The standard InChI is InChI=1S/C43H39NOS/c1-8-9-16-27(2)30(5)46-40-26-35-33-20-14-18-31-17-10-12-22-37(31)44(29(4)41(33)43(6,7)36(35)25-28(40)3)38-23-15-21-34-32-19-11-13-24-39(32)45-42(34)38/h8-17,19-26H,1,4,18H2,2-3,5-7H3/b16-9-,20-14-,30-27+. The van der Waals surface area contributed by atoms with E-state index in [0.29, 0.717) is 0 Å². The molecule has 2 nitrogen and oxygen atoms in total. The van der Waals surface area contributed by atoms with Crippen LogP contribution >= 0.6 is 11.8 Å². The number of rotatable bonds is 5. The van der Waals surface area contributed by atoms with Crippen molar-refractivity contribution in [2.24, 2.45) is 0 Å². The Bertz CT molecular complexity index is 2200. The first-order valence-corrected chi connectivity index (χ1v) is 16.7. The van der Waals surface area contributed by atoms with E-state index >= 15 is 0 Å². The Labute approximate surface area is 276 Å². The monoisotopic (exact) mass is 617 g/mol. The molecule has 3 heteroatoms. The smallest absolute Gasteiger partial charge is 0.159 e. The number of furan rings is 1. The van der Waals surface area contributed by atoms with E-state index in [-0.39, 0.29) is 5.41 Å². The topological polar surface area (TPSA) is 16.4 Å². The fourth-order valence-corrected chi connectivity index (χ4v) is 8.01. The number of hydrogen-bond donors (Lipinski definition) is 0. The lowest BCUT2D eigenvalue weighted by Gasteiger charge is -2.34. The normalized spacial score (nSPS) is 17.0. The zero-order valence-corrected chi connectivity index (χ0v) is 28.1. The summed E-state index contributed by atoms with van der Waals surface area (Å²) in [5, 5.41) is 2.23. The van der Waals surface area contributed by atoms with E-state index in [2.05, 4.69) is 131 Å². The van der Waals surface area contributed by atoms with Crippen LogP contribution in [0.5, 0.6) is 0 Å². The molecule has 46 heavy (non-hydrogen) atoms. The minimum atomic E-state index is -0.271. The number of benzene rings is 4. The number of hydrogen-bond acceptors (Lipinski definition) is 3. The molecule has 0 saturated carbocycles. The second-order valence-electron chi connectivity index (χ2n) is 12.8. The van der Waals surface area contributed by atoms with Crippen molar-refractivity contribution < 1.29 is 4.42 Å². The number of fused-ring (bicyclic) bond motifs is 6. The van der Waals surface area contributed by atoms with Crippen LogP contribution in [0.4, 0.5) is 11.4 Å². The van der Waals surface area contributed by atoms with Crippen molar-refractivity contribution in [2.75, 3.05) is 4.90 Å². The third-order valence-corrected chi connectivity index (χ3v) is 10.8. The maximum Gasteiger partial charge on any atom is 0.159 e. The second kappa shape index (κ2) is 11.6. The first-order chi connectivity index (χ1) is 22.2. The van der Waals surface area contributed by atoms with Gasteiger partial charge in [0, 0.05) is 32.5 Å². The van der Waals surface area contributed by atoms with Crippen molar-refractivity contribution >= 4 is 50.6 Å². The van der Waals surface area contributed by atoms with E-state index in [1.807, 2.05) is 36.0 Å². The Hall–Kier alpha value is -4.73. The number of nitrogens with zero attached hydrogens (tertiary/aromatic N) is 1. The van der Waals surface area contributed by atoms with Crippen LogP contribution in [0.25, 0.3) is 27.5 Å². The van der Waals surface area contributed by atoms with Crippen LogP contribution in [0.2, 0.25) is 0 Å². The van der Waals surface area contributed by atoms with Crippen LogP contribution < -0.4 is 4.90 Å². The molecule has 4 aromatic carbocycles. The first-order valence-electron chi connectivity index (χ1n) is 15.9. The summed E-state index contributed by atoms with van der Waals surface area (Å²) in [4.78, 5) is 4.90. The summed E-state index contributed by atoms with van der Waals surface area (Å²) in [7, 11) is 0. The van der Waals surface area contributed by atoms with Crippen molar-refractivity contribution in [3.05, 3.63) is 166 Å². The van der Waals surface area contributed by atoms with Crippen LogP contribution in [0.1, 0.15) is 49.9 Å². The van der Waals surface area contributed by atoms with E-state index < -0.39 is 0 Å². The third kappa shape index (κ3) is 4.82. The van der Waals surface area contributed by atoms with Gasteiger partial charge in [-0.1, -0.05) is 124 Å². The Morgan fingerprint density at radius 1 is 0.935 bits per heavy atom. The van der Waals surface area contributed by atoms with Gasteiger partial charge in [0.2, 0.25) is 0 Å².